The number of hydrazone groups is 1. The molecule has 5 nitrogen and oxygen atoms in total. The first kappa shape index (κ1) is 17.5. The molecule has 0 bridgehead atoms. The maximum atomic E-state index is 11.8. The molecule has 5 heteroatoms. The highest BCUT2D eigenvalue weighted by molar-refractivity contribution is 5.83. The molecule has 24 heavy (non-hydrogen) atoms. The van der Waals surface area contributed by atoms with E-state index in [1.807, 2.05) is 75.3 Å². The molecule has 2 rings (SSSR count). The Bertz CT molecular complexity index is 722. The normalized spacial score (nSPS) is 10.7. The number of aryl methyl sites for hydroxylation is 1. The fourth-order valence-electron chi connectivity index (χ4n) is 2.09. The third-order valence-electron chi connectivity index (χ3n) is 3.73. The van der Waals surface area contributed by atoms with Gasteiger partial charge in [0.1, 0.15) is 5.75 Å². The molecule has 0 unspecified atom stereocenters. The lowest BCUT2D eigenvalue weighted by molar-refractivity contribution is -0.123. The zero-order valence-electron chi connectivity index (χ0n) is 14.5. The second kappa shape index (κ2) is 8.15. The number of nitrogens with one attached hydrogen (secondary N) is 1. The third-order valence-corrected chi connectivity index (χ3v) is 3.73. The number of nitrogens with zero attached hydrogens (tertiary/aromatic N) is 2. The minimum atomic E-state index is -0.294. The topological polar surface area (TPSA) is 53.9 Å². The first-order chi connectivity index (χ1) is 11.5. The van der Waals surface area contributed by atoms with Gasteiger partial charge < -0.3 is 9.64 Å². The van der Waals surface area contributed by atoms with E-state index in [0.717, 1.165) is 22.4 Å². The predicted octanol–water partition coefficient (Wildman–Crippen LogP) is 2.90. The molecular formula is C19H23N3O2. The van der Waals surface area contributed by atoms with Crippen molar-refractivity contribution < 1.29 is 9.53 Å². The van der Waals surface area contributed by atoms with Gasteiger partial charge in [0.15, 0.2) is 6.61 Å². The molecule has 0 atom stereocenters. The van der Waals surface area contributed by atoms with Gasteiger partial charge in [-0.2, -0.15) is 5.10 Å². The van der Waals surface area contributed by atoms with E-state index in [2.05, 4.69) is 10.5 Å². The molecule has 2 aromatic rings. The number of carbonyl (C=O) groups is 1. The van der Waals surface area contributed by atoms with E-state index < -0.39 is 0 Å². The predicted molar refractivity (Wildman–Crippen MR) is 97.9 cm³/mol. The number of benzene rings is 2. The zero-order chi connectivity index (χ0) is 17.5. The van der Waals surface area contributed by atoms with Gasteiger partial charge in [-0.1, -0.05) is 24.3 Å². The summed E-state index contributed by atoms with van der Waals surface area (Å²) in [5, 5.41) is 3.95. The zero-order valence-corrected chi connectivity index (χ0v) is 14.5. The molecule has 0 radical (unpaired) electrons. The molecule has 1 amide bonds. The third kappa shape index (κ3) is 4.84. The number of hydrogen-bond acceptors (Lipinski definition) is 4. The summed E-state index contributed by atoms with van der Waals surface area (Å²) in [7, 11) is 3.97. The van der Waals surface area contributed by atoms with Crippen LogP contribution in [0.5, 0.6) is 5.75 Å². The molecule has 1 N–H and O–H groups in total. The minimum absolute atomic E-state index is 0.0683. The number of anilines is 1. The van der Waals surface area contributed by atoms with Crippen LogP contribution in [-0.2, 0) is 4.79 Å². The molecule has 0 aliphatic carbocycles. The van der Waals surface area contributed by atoms with Crippen LogP contribution in [0.4, 0.5) is 5.69 Å². The molecule has 0 heterocycles. The van der Waals surface area contributed by atoms with Crippen LogP contribution in [0.3, 0.4) is 0 Å². The average Bonchev–Trinajstić information content (AvgIpc) is 2.56. The van der Waals surface area contributed by atoms with Crippen molar-refractivity contribution in [2.45, 2.75) is 13.8 Å². The number of carbonyl (C=O) groups excluding carboxylic acids is 1. The van der Waals surface area contributed by atoms with Gasteiger partial charge in [-0.15, -0.1) is 0 Å². The summed E-state index contributed by atoms with van der Waals surface area (Å²) in [5.41, 5.74) is 6.66. The summed E-state index contributed by atoms with van der Waals surface area (Å²) < 4.78 is 5.53. The average molecular weight is 325 g/mol. The Balaban J connectivity index is 1.83. The summed E-state index contributed by atoms with van der Waals surface area (Å²) in [5.74, 6) is 0.422. The van der Waals surface area contributed by atoms with E-state index in [9.17, 15) is 4.79 Å². The van der Waals surface area contributed by atoms with Crippen molar-refractivity contribution in [3.05, 3.63) is 59.2 Å². The van der Waals surface area contributed by atoms with E-state index in [1.54, 1.807) is 6.21 Å². The Morgan fingerprint density at radius 2 is 1.88 bits per heavy atom. The summed E-state index contributed by atoms with van der Waals surface area (Å²) >= 11 is 0. The molecule has 0 spiro atoms. The molecule has 126 valence electrons. The molecule has 0 fully saturated rings. The molecule has 0 aliphatic heterocycles. The quantitative estimate of drug-likeness (QED) is 0.656. The second-order valence-corrected chi connectivity index (χ2v) is 5.77. The van der Waals surface area contributed by atoms with Crippen molar-refractivity contribution in [1.82, 2.24) is 5.43 Å². The second-order valence-electron chi connectivity index (χ2n) is 5.77. The van der Waals surface area contributed by atoms with Crippen LogP contribution in [0.1, 0.15) is 16.7 Å². The molecule has 0 saturated carbocycles. The highest BCUT2D eigenvalue weighted by Gasteiger charge is 2.05. The van der Waals surface area contributed by atoms with Crippen LogP contribution < -0.4 is 15.1 Å². The largest absolute Gasteiger partial charge is 0.483 e. The fourth-order valence-corrected chi connectivity index (χ4v) is 2.09. The fraction of sp³-hybridized carbons (Fsp3) is 0.263. The Labute approximate surface area is 142 Å². The molecule has 0 aliphatic rings. The molecule has 0 saturated heterocycles. The molecular weight excluding hydrogens is 302 g/mol. The van der Waals surface area contributed by atoms with Gasteiger partial charge in [-0.3, -0.25) is 4.79 Å². The van der Waals surface area contributed by atoms with Gasteiger partial charge >= 0.3 is 0 Å². The van der Waals surface area contributed by atoms with Crippen LogP contribution in [0, 0.1) is 13.8 Å². The first-order valence-electron chi connectivity index (χ1n) is 7.75. The minimum Gasteiger partial charge on any atom is -0.483 e. The number of hydrogen-bond donors (Lipinski definition) is 1. The Morgan fingerprint density at radius 1 is 1.17 bits per heavy atom. The highest BCUT2D eigenvalue weighted by Crippen LogP contribution is 2.20. The van der Waals surface area contributed by atoms with Crippen molar-refractivity contribution in [3.63, 3.8) is 0 Å². The van der Waals surface area contributed by atoms with E-state index in [0.29, 0.717) is 5.75 Å². The van der Waals surface area contributed by atoms with Crippen LogP contribution in [-0.4, -0.2) is 32.8 Å². The number of ether oxygens (including phenoxy) is 1. The maximum Gasteiger partial charge on any atom is 0.277 e. The lowest BCUT2D eigenvalue weighted by Gasteiger charge is -2.11. The lowest BCUT2D eigenvalue weighted by atomic mass is 10.1. The van der Waals surface area contributed by atoms with Crippen molar-refractivity contribution >= 4 is 17.8 Å². The van der Waals surface area contributed by atoms with Crippen molar-refractivity contribution in [2.24, 2.45) is 5.10 Å². The SMILES string of the molecule is Cc1cccc(OCC(=O)N/N=C/c2ccc(N(C)C)cc2)c1C. The van der Waals surface area contributed by atoms with Gasteiger partial charge in [-0.05, 0) is 48.7 Å². The van der Waals surface area contributed by atoms with Crippen molar-refractivity contribution in [2.75, 3.05) is 25.6 Å². The van der Waals surface area contributed by atoms with E-state index >= 15 is 0 Å². The molecule has 2 aromatic carbocycles. The van der Waals surface area contributed by atoms with Gasteiger partial charge in [-0.25, -0.2) is 5.43 Å². The van der Waals surface area contributed by atoms with E-state index in [4.69, 9.17) is 4.74 Å². The summed E-state index contributed by atoms with van der Waals surface area (Å²) in [6.45, 7) is 3.91. The number of rotatable bonds is 6. The van der Waals surface area contributed by atoms with Crippen LogP contribution in [0.25, 0.3) is 0 Å². The van der Waals surface area contributed by atoms with Gasteiger partial charge in [0.2, 0.25) is 0 Å². The first-order valence-corrected chi connectivity index (χ1v) is 7.75. The van der Waals surface area contributed by atoms with Crippen LogP contribution in [0.2, 0.25) is 0 Å². The monoisotopic (exact) mass is 325 g/mol. The highest BCUT2D eigenvalue weighted by atomic mass is 16.5. The van der Waals surface area contributed by atoms with Gasteiger partial charge in [0.25, 0.3) is 5.91 Å². The standard InChI is InChI=1S/C19H23N3O2/c1-14-6-5-7-18(15(14)2)24-13-19(23)21-20-12-16-8-10-17(11-9-16)22(3)4/h5-12H,13H2,1-4H3,(H,21,23)/b20-12+. The smallest absolute Gasteiger partial charge is 0.277 e. The van der Waals surface area contributed by atoms with E-state index in [1.165, 1.54) is 0 Å². The van der Waals surface area contributed by atoms with Crippen LogP contribution >= 0.6 is 0 Å². The summed E-state index contributed by atoms with van der Waals surface area (Å²) in [6, 6.07) is 13.6. The Hall–Kier alpha value is -2.82. The maximum absolute atomic E-state index is 11.8. The summed E-state index contributed by atoms with van der Waals surface area (Å²) in [6.07, 6.45) is 1.61. The van der Waals surface area contributed by atoms with Crippen molar-refractivity contribution in [3.8, 4) is 5.75 Å². The van der Waals surface area contributed by atoms with Crippen LogP contribution in [0.15, 0.2) is 47.6 Å². The van der Waals surface area contributed by atoms with Gasteiger partial charge in [0, 0.05) is 19.8 Å². The Morgan fingerprint density at radius 3 is 2.54 bits per heavy atom. The van der Waals surface area contributed by atoms with Gasteiger partial charge in [0.05, 0.1) is 6.21 Å². The summed E-state index contributed by atoms with van der Waals surface area (Å²) in [4.78, 5) is 13.8. The van der Waals surface area contributed by atoms with Crippen molar-refractivity contribution in [1.29, 1.82) is 0 Å². The lowest BCUT2D eigenvalue weighted by Crippen LogP contribution is -2.24. The Kier molecular flexibility index (Phi) is 5.95. The van der Waals surface area contributed by atoms with E-state index in [-0.39, 0.29) is 12.5 Å². The number of amides is 1. The molecule has 0 aromatic heterocycles.